The van der Waals surface area contributed by atoms with Crippen molar-refractivity contribution < 1.29 is 23.9 Å². The SMILES string of the molecule is C[C@@H](OC(=O)/C=C/c1ccc(OCc2ccccc2)cc1)C(=O)NC(=O)NC(C)(C)C. The van der Waals surface area contributed by atoms with Gasteiger partial charge in [0.25, 0.3) is 5.91 Å². The molecule has 0 saturated heterocycles. The lowest BCUT2D eigenvalue weighted by Gasteiger charge is -2.21. The molecular weight excluding hydrogens is 396 g/mol. The minimum absolute atomic E-state index is 0.468. The number of ether oxygens (including phenoxy) is 2. The number of amides is 3. The Morgan fingerprint density at radius 1 is 1.00 bits per heavy atom. The molecule has 0 heterocycles. The molecule has 2 N–H and O–H groups in total. The van der Waals surface area contributed by atoms with Crippen LogP contribution < -0.4 is 15.4 Å². The maximum atomic E-state index is 12.0. The number of rotatable bonds is 7. The topological polar surface area (TPSA) is 93.7 Å². The second kappa shape index (κ2) is 11.0. The maximum absolute atomic E-state index is 12.0. The fourth-order valence-electron chi connectivity index (χ4n) is 2.43. The molecule has 2 aromatic carbocycles. The number of carbonyl (C=O) groups is 3. The highest BCUT2D eigenvalue weighted by atomic mass is 16.5. The van der Waals surface area contributed by atoms with E-state index in [1.165, 1.54) is 13.0 Å². The van der Waals surface area contributed by atoms with Crippen molar-refractivity contribution in [1.29, 1.82) is 0 Å². The van der Waals surface area contributed by atoms with Crippen LogP contribution in [0.3, 0.4) is 0 Å². The Hall–Kier alpha value is -3.61. The van der Waals surface area contributed by atoms with Crippen molar-refractivity contribution in [3.8, 4) is 5.75 Å². The summed E-state index contributed by atoms with van der Waals surface area (Å²) < 4.78 is 10.8. The van der Waals surface area contributed by atoms with Gasteiger partial charge in [-0.1, -0.05) is 42.5 Å². The standard InChI is InChI=1S/C24H28N2O5/c1-17(22(28)25-23(29)26-24(2,3)4)31-21(27)15-12-18-10-13-20(14-11-18)30-16-19-8-6-5-7-9-19/h5-15,17H,16H2,1-4H3,(H2,25,26,28,29)/b15-12+/t17-/m1/s1. The van der Waals surface area contributed by atoms with E-state index in [0.717, 1.165) is 11.1 Å². The third-order valence-corrected chi connectivity index (χ3v) is 3.93. The summed E-state index contributed by atoms with van der Waals surface area (Å²) in [5.41, 5.74) is 1.35. The average Bonchev–Trinajstić information content (AvgIpc) is 2.70. The van der Waals surface area contributed by atoms with Crippen LogP contribution in [0.5, 0.6) is 5.75 Å². The van der Waals surface area contributed by atoms with Crippen LogP contribution in [0.4, 0.5) is 4.79 Å². The number of hydrogen-bond donors (Lipinski definition) is 2. The monoisotopic (exact) mass is 424 g/mol. The molecule has 0 spiro atoms. The summed E-state index contributed by atoms with van der Waals surface area (Å²) in [5.74, 6) is -0.686. The van der Waals surface area contributed by atoms with Gasteiger partial charge in [-0.15, -0.1) is 0 Å². The van der Waals surface area contributed by atoms with Crippen molar-refractivity contribution in [2.75, 3.05) is 0 Å². The van der Waals surface area contributed by atoms with Crippen LogP contribution in [0.25, 0.3) is 6.08 Å². The van der Waals surface area contributed by atoms with Crippen molar-refractivity contribution in [3.05, 3.63) is 71.8 Å². The van der Waals surface area contributed by atoms with E-state index in [2.05, 4.69) is 10.6 Å². The molecular formula is C24H28N2O5. The van der Waals surface area contributed by atoms with Crippen LogP contribution in [0.2, 0.25) is 0 Å². The molecule has 0 aliphatic rings. The Bertz CT molecular complexity index is 915. The number of esters is 1. The molecule has 0 fully saturated rings. The molecule has 7 heteroatoms. The van der Waals surface area contributed by atoms with Crippen LogP contribution in [-0.2, 0) is 20.9 Å². The van der Waals surface area contributed by atoms with Crippen molar-refractivity contribution in [2.24, 2.45) is 0 Å². The number of carbonyl (C=O) groups excluding carboxylic acids is 3. The van der Waals surface area contributed by atoms with Crippen LogP contribution in [0, 0.1) is 0 Å². The van der Waals surface area contributed by atoms with Gasteiger partial charge >= 0.3 is 12.0 Å². The first-order valence-corrected chi connectivity index (χ1v) is 9.91. The number of benzene rings is 2. The van der Waals surface area contributed by atoms with Gasteiger partial charge in [0, 0.05) is 11.6 Å². The van der Waals surface area contributed by atoms with E-state index in [1.807, 2.05) is 30.3 Å². The van der Waals surface area contributed by atoms with E-state index in [4.69, 9.17) is 9.47 Å². The second-order valence-corrected chi connectivity index (χ2v) is 7.95. The molecule has 1 atom stereocenters. The second-order valence-electron chi connectivity index (χ2n) is 7.95. The van der Waals surface area contributed by atoms with Gasteiger partial charge in [0.15, 0.2) is 6.10 Å². The molecule has 0 radical (unpaired) electrons. The molecule has 31 heavy (non-hydrogen) atoms. The molecule has 3 amide bonds. The van der Waals surface area contributed by atoms with Crippen molar-refractivity contribution in [3.63, 3.8) is 0 Å². The minimum Gasteiger partial charge on any atom is -0.489 e. The summed E-state index contributed by atoms with van der Waals surface area (Å²) in [7, 11) is 0. The Morgan fingerprint density at radius 3 is 2.26 bits per heavy atom. The number of imide groups is 1. The number of urea groups is 1. The Labute approximate surface area is 182 Å². The van der Waals surface area contributed by atoms with Crippen LogP contribution in [0.1, 0.15) is 38.8 Å². The molecule has 0 bridgehead atoms. The molecule has 0 saturated carbocycles. The quantitative estimate of drug-likeness (QED) is 0.520. The third kappa shape index (κ3) is 9.16. The first-order valence-electron chi connectivity index (χ1n) is 9.91. The summed E-state index contributed by atoms with van der Waals surface area (Å²) in [5, 5.41) is 4.73. The fraction of sp³-hybridized carbons (Fsp3) is 0.292. The van der Waals surface area contributed by atoms with E-state index in [0.29, 0.717) is 12.4 Å². The van der Waals surface area contributed by atoms with Gasteiger partial charge in [0.05, 0.1) is 0 Å². The molecule has 0 aromatic heterocycles. The van der Waals surface area contributed by atoms with Gasteiger partial charge in [-0.3, -0.25) is 10.1 Å². The largest absolute Gasteiger partial charge is 0.489 e. The van der Waals surface area contributed by atoms with Gasteiger partial charge in [-0.05, 0) is 57.0 Å². The highest BCUT2D eigenvalue weighted by Crippen LogP contribution is 2.15. The molecule has 2 aromatic rings. The van der Waals surface area contributed by atoms with E-state index in [1.54, 1.807) is 51.1 Å². The smallest absolute Gasteiger partial charge is 0.331 e. The van der Waals surface area contributed by atoms with Crippen molar-refractivity contribution in [2.45, 2.75) is 45.9 Å². The van der Waals surface area contributed by atoms with Gasteiger partial charge in [0.2, 0.25) is 0 Å². The Kier molecular flexibility index (Phi) is 8.37. The molecule has 164 valence electrons. The highest BCUT2D eigenvalue weighted by Gasteiger charge is 2.21. The van der Waals surface area contributed by atoms with E-state index in [9.17, 15) is 14.4 Å². The Balaban J connectivity index is 1.79. The zero-order chi connectivity index (χ0) is 22.9. The lowest BCUT2D eigenvalue weighted by molar-refractivity contribution is -0.149. The van der Waals surface area contributed by atoms with Crippen molar-refractivity contribution >= 4 is 24.0 Å². The lowest BCUT2D eigenvalue weighted by Crippen LogP contribution is -2.50. The summed E-state index contributed by atoms with van der Waals surface area (Å²) in [4.78, 5) is 35.6. The predicted octanol–water partition coefficient (Wildman–Crippen LogP) is 3.83. The van der Waals surface area contributed by atoms with E-state index >= 15 is 0 Å². The fourth-order valence-corrected chi connectivity index (χ4v) is 2.43. The number of nitrogens with one attached hydrogen (secondary N) is 2. The lowest BCUT2D eigenvalue weighted by atomic mass is 10.1. The van der Waals surface area contributed by atoms with Crippen molar-refractivity contribution in [1.82, 2.24) is 10.6 Å². The first-order chi connectivity index (χ1) is 14.6. The Morgan fingerprint density at radius 2 is 1.65 bits per heavy atom. The van der Waals surface area contributed by atoms with Crippen LogP contribution >= 0.6 is 0 Å². The molecule has 7 nitrogen and oxygen atoms in total. The van der Waals surface area contributed by atoms with Gasteiger partial charge < -0.3 is 14.8 Å². The summed E-state index contributed by atoms with van der Waals surface area (Å²) in [6, 6.07) is 16.4. The zero-order valence-electron chi connectivity index (χ0n) is 18.2. The maximum Gasteiger partial charge on any atom is 0.331 e. The zero-order valence-corrected chi connectivity index (χ0v) is 18.2. The van der Waals surface area contributed by atoms with Crippen LogP contribution in [-0.4, -0.2) is 29.6 Å². The van der Waals surface area contributed by atoms with Gasteiger partial charge in [0.1, 0.15) is 12.4 Å². The predicted molar refractivity (Wildman–Crippen MR) is 118 cm³/mol. The molecule has 0 aliphatic heterocycles. The normalized spacial score (nSPS) is 12.1. The molecule has 0 unspecified atom stereocenters. The minimum atomic E-state index is -1.11. The number of hydrogen-bond acceptors (Lipinski definition) is 5. The highest BCUT2D eigenvalue weighted by molar-refractivity contribution is 5.98. The van der Waals surface area contributed by atoms with Gasteiger partial charge in [-0.2, -0.15) is 0 Å². The average molecular weight is 424 g/mol. The molecule has 0 aliphatic carbocycles. The summed E-state index contributed by atoms with van der Waals surface area (Å²) >= 11 is 0. The van der Waals surface area contributed by atoms with Gasteiger partial charge in [-0.25, -0.2) is 9.59 Å². The summed E-state index contributed by atoms with van der Waals surface area (Å²) in [6.45, 7) is 7.22. The van der Waals surface area contributed by atoms with E-state index < -0.39 is 29.6 Å². The van der Waals surface area contributed by atoms with E-state index in [-0.39, 0.29) is 0 Å². The summed E-state index contributed by atoms with van der Waals surface area (Å²) in [6.07, 6.45) is 1.68. The molecule has 2 rings (SSSR count). The third-order valence-electron chi connectivity index (χ3n) is 3.93. The van der Waals surface area contributed by atoms with Crippen LogP contribution in [0.15, 0.2) is 60.7 Å². The first kappa shape index (κ1) is 23.7.